The molecule has 0 aliphatic carbocycles. The van der Waals surface area contributed by atoms with E-state index < -0.39 is 0 Å². The van der Waals surface area contributed by atoms with Crippen LogP contribution in [-0.4, -0.2) is 38.7 Å². The predicted molar refractivity (Wildman–Crippen MR) is 112 cm³/mol. The number of hydrogen-bond donors (Lipinski definition) is 1. The van der Waals surface area contributed by atoms with Gasteiger partial charge in [0.1, 0.15) is 5.75 Å². The number of nitrogens with zero attached hydrogens (tertiary/aromatic N) is 1. The van der Waals surface area contributed by atoms with Crippen molar-refractivity contribution in [3.8, 4) is 17.2 Å². The monoisotopic (exact) mass is 410 g/mol. The fourth-order valence-electron chi connectivity index (χ4n) is 3.22. The fraction of sp³-hybridized carbons (Fsp3) is 0.348. The summed E-state index contributed by atoms with van der Waals surface area (Å²) in [6.45, 7) is 5.10. The number of ether oxygens (including phenoxy) is 3. The van der Waals surface area contributed by atoms with Gasteiger partial charge in [-0.1, -0.05) is 6.08 Å². The van der Waals surface area contributed by atoms with Crippen molar-refractivity contribution in [2.24, 2.45) is 10.9 Å². The number of nitrogens with one attached hydrogen (secondary N) is 1. The summed E-state index contributed by atoms with van der Waals surface area (Å²) in [4.78, 5) is 29.0. The average molecular weight is 410 g/mol. The van der Waals surface area contributed by atoms with Gasteiger partial charge in [-0.3, -0.25) is 9.59 Å². The smallest absolute Gasteiger partial charge is 0.253 e. The lowest BCUT2D eigenvalue weighted by Crippen LogP contribution is -2.35. The Kier molecular flexibility index (Phi) is 7.06. The van der Waals surface area contributed by atoms with Gasteiger partial charge in [-0.25, -0.2) is 4.99 Å². The predicted octanol–water partition coefficient (Wildman–Crippen LogP) is 1.87. The molecule has 0 spiro atoms. The molecule has 2 aromatic rings. The van der Waals surface area contributed by atoms with Crippen LogP contribution in [0.3, 0.4) is 0 Å². The molecule has 1 aliphatic rings. The van der Waals surface area contributed by atoms with E-state index >= 15 is 0 Å². The Morgan fingerprint density at radius 2 is 1.83 bits per heavy atom. The third-order valence-electron chi connectivity index (χ3n) is 4.71. The van der Waals surface area contributed by atoms with Crippen LogP contribution in [0.25, 0.3) is 6.08 Å². The Hall–Kier alpha value is -3.35. The van der Waals surface area contributed by atoms with E-state index in [0.29, 0.717) is 54.3 Å². The Bertz CT molecular complexity index is 1050. The number of carbonyl (C=O) groups is 2. The van der Waals surface area contributed by atoms with E-state index in [4.69, 9.17) is 14.2 Å². The molecule has 7 heteroatoms. The van der Waals surface area contributed by atoms with E-state index in [1.165, 1.54) is 0 Å². The molecule has 30 heavy (non-hydrogen) atoms. The van der Waals surface area contributed by atoms with Crippen molar-refractivity contribution in [2.45, 2.75) is 20.3 Å². The third kappa shape index (κ3) is 4.97. The maximum Gasteiger partial charge on any atom is 0.253 e. The van der Waals surface area contributed by atoms with Gasteiger partial charge in [-0.05, 0) is 55.8 Å². The Morgan fingerprint density at radius 1 is 1.07 bits per heavy atom. The van der Waals surface area contributed by atoms with Crippen LogP contribution in [-0.2, 0) is 4.79 Å². The van der Waals surface area contributed by atoms with Crippen molar-refractivity contribution in [3.63, 3.8) is 0 Å². The van der Waals surface area contributed by atoms with E-state index in [9.17, 15) is 9.59 Å². The first-order valence-corrected chi connectivity index (χ1v) is 10.0. The van der Waals surface area contributed by atoms with E-state index in [1.54, 1.807) is 31.4 Å². The maximum absolute atomic E-state index is 12.5. The normalized spacial score (nSPS) is 14.8. The summed E-state index contributed by atoms with van der Waals surface area (Å²) in [5, 5.41) is 4.36. The minimum Gasteiger partial charge on any atom is -0.497 e. The first-order valence-electron chi connectivity index (χ1n) is 10.0. The van der Waals surface area contributed by atoms with Crippen molar-refractivity contribution in [1.29, 1.82) is 0 Å². The van der Waals surface area contributed by atoms with Gasteiger partial charge < -0.3 is 19.5 Å². The molecule has 7 nitrogen and oxygen atoms in total. The summed E-state index contributed by atoms with van der Waals surface area (Å²) in [7, 11) is 1.57. The van der Waals surface area contributed by atoms with Crippen LogP contribution < -0.4 is 30.1 Å². The number of fused-ring (bicyclic) bond motifs is 1. The third-order valence-corrected chi connectivity index (χ3v) is 4.71. The van der Waals surface area contributed by atoms with Crippen LogP contribution in [0.5, 0.6) is 17.2 Å². The molecule has 2 aromatic carbocycles. The number of rotatable bonds is 9. The van der Waals surface area contributed by atoms with Gasteiger partial charge in [-0.2, -0.15) is 0 Å². The van der Waals surface area contributed by atoms with Crippen LogP contribution in [0.1, 0.15) is 30.6 Å². The molecule has 2 amide bonds. The highest BCUT2D eigenvalue weighted by Gasteiger charge is 2.19. The zero-order valence-corrected chi connectivity index (χ0v) is 17.4. The van der Waals surface area contributed by atoms with Gasteiger partial charge in [0.05, 0.1) is 31.6 Å². The Labute approximate surface area is 175 Å². The molecule has 0 bridgehead atoms. The van der Waals surface area contributed by atoms with Crippen molar-refractivity contribution >= 4 is 17.9 Å². The van der Waals surface area contributed by atoms with E-state index in [2.05, 4.69) is 10.3 Å². The number of carbonyl (C=O) groups excluding carboxylic acids is 2. The molecule has 0 fully saturated rings. The topological polar surface area (TPSA) is 86.2 Å². The highest BCUT2D eigenvalue weighted by molar-refractivity contribution is 5.95. The minimum absolute atomic E-state index is 0.218. The maximum atomic E-state index is 12.5. The molecule has 0 radical (unpaired) electrons. The molecular weight excluding hydrogens is 384 g/mol. The molecule has 1 unspecified atom stereocenters. The lowest BCUT2D eigenvalue weighted by molar-refractivity contribution is -0.120. The van der Waals surface area contributed by atoms with E-state index in [-0.39, 0.29) is 17.7 Å². The van der Waals surface area contributed by atoms with Crippen molar-refractivity contribution in [3.05, 3.63) is 52.5 Å². The molecule has 0 saturated carbocycles. The van der Waals surface area contributed by atoms with Crippen LogP contribution in [0.15, 0.2) is 41.4 Å². The lowest BCUT2D eigenvalue weighted by Gasteiger charge is -2.14. The van der Waals surface area contributed by atoms with Gasteiger partial charge in [0.15, 0.2) is 11.5 Å². The van der Waals surface area contributed by atoms with Gasteiger partial charge in [-0.15, -0.1) is 0 Å². The molecule has 158 valence electrons. The van der Waals surface area contributed by atoms with Gasteiger partial charge >= 0.3 is 0 Å². The number of benzene rings is 2. The highest BCUT2D eigenvalue weighted by atomic mass is 16.5. The quantitative estimate of drug-likeness (QED) is 0.682. The molecule has 1 N–H and O–H groups in total. The first kappa shape index (κ1) is 21.4. The standard InChI is InChI=1S/C23H26N2O5/c1-4-29-20-9-7-16(13-21(20)30-5-2)22(26)24-11-10-17-12-15-6-8-18(28-3)14-19(15)25-23(17)27/h6-9,12-14,17H,4-5,10-11H2,1-3H3,(H,24,26). The molecule has 0 aromatic heterocycles. The van der Waals surface area contributed by atoms with Gasteiger partial charge in [0.25, 0.3) is 11.8 Å². The average Bonchev–Trinajstić information content (AvgIpc) is 2.75. The summed E-state index contributed by atoms with van der Waals surface area (Å²) in [5.74, 6) is 0.981. The second-order valence-corrected chi connectivity index (χ2v) is 6.72. The lowest BCUT2D eigenvalue weighted by atomic mass is 10.00. The number of hydrogen-bond acceptors (Lipinski definition) is 5. The number of amides is 2. The van der Waals surface area contributed by atoms with Gasteiger partial charge in [0, 0.05) is 18.2 Å². The van der Waals surface area contributed by atoms with E-state index in [0.717, 1.165) is 5.22 Å². The largest absolute Gasteiger partial charge is 0.497 e. The Balaban J connectivity index is 1.63. The SMILES string of the molecule is CCOc1ccc(C(=O)NCCC2C=c3ccc(OC)cc3=NC2=O)cc1OCC. The van der Waals surface area contributed by atoms with Crippen LogP contribution in [0, 0.1) is 5.92 Å². The van der Waals surface area contributed by atoms with Crippen molar-refractivity contribution in [1.82, 2.24) is 5.32 Å². The summed E-state index contributed by atoms with van der Waals surface area (Å²) in [5.41, 5.74) is 0.475. The first-order chi connectivity index (χ1) is 14.5. The van der Waals surface area contributed by atoms with Gasteiger partial charge in [0.2, 0.25) is 0 Å². The summed E-state index contributed by atoms with van der Waals surface area (Å²) < 4.78 is 16.3. The summed E-state index contributed by atoms with van der Waals surface area (Å²) in [6, 6.07) is 10.5. The molecule has 0 saturated heterocycles. The molecule has 1 atom stereocenters. The number of methoxy groups -OCH3 is 1. The summed E-state index contributed by atoms with van der Waals surface area (Å²) >= 11 is 0. The second kappa shape index (κ2) is 9.91. The summed E-state index contributed by atoms with van der Waals surface area (Å²) in [6.07, 6.45) is 2.36. The molecule has 1 aliphatic heterocycles. The zero-order valence-electron chi connectivity index (χ0n) is 17.4. The van der Waals surface area contributed by atoms with Crippen molar-refractivity contribution in [2.75, 3.05) is 26.9 Å². The van der Waals surface area contributed by atoms with E-state index in [1.807, 2.05) is 32.1 Å². The Morgan fingerprint density at radius 3 is 2.57 bits per heavy atom. The minimum atomic E-state index is -0.370. The fourth-order valence-corrected chi connectivity index (χ4v) is 3.22. The zero-order chi connectivity index (χ0) is 21.5. The van der Waals surface area contributed by atoms with Crippen molar-refractivity contribution < 1.29 is 23.8 Å². The molecular formula is C23H26N2O5. The van der Waals surface area contributed by atoms with Crippen LogP contribution in [0.4, 0.5) is 0 Å². The van der Waals surface area contributed by atoms with Crippen LogP contribution >= 0.6 is 0 Å². The molecule has 3 rings (SSSR count). The molecule has 1 heterocycles. The van der Waals surface area contributed by atoms with Crippen LogP contribution in [0.2, 0.25) is 0 Å². The second-order valence-electron chi connectivity index (χ2n) is 6.72. The highest BCUT2D eigenvalue weighted by Crippen LogP contribution is 2.28.